The second-order valence-corrected chi connectivity index (χ2v) is 20.1. The number of hydrogen-bond acceptors (Lipinski definition) is 9. The molecule has 300 valence electrons. The van der Waals surface area contributed by atoms with Crippen LogP contribution in [0.1, 0.15) is 81.3 Å². The molecule has 1 N–H and O–H groups in total. The third-order valence-electron chi connectivity index (χ3n) is 14.1. The highest BCUT2D eigenvalue weighted by Crippen LogP contribution is 2.49. The van der Waals surface area contributed by atoms with E-state index in [9.17, 15) is 13.2 Å². The van der Waals surface area contributed by atoms with Crippen LogP contribution in [0.4, 0.5) is 5.69 Å². The zero-order valence-corrected chi connectivity index (χ0v) is 34.6. The number of sulfonamides is 1. The average Bonchev–Trinajstić information content (AvgIpc) is 3.28. The van der Waals surface area contributed by atoms with Crippen molar-refractivity contribution >= 4 is 33.2 Å². The predicted molar refractivity (Wildman–Crippen MR) is 217 cm³/mol. The number of halogens is 1. The van der Waals surface area contributed by atoms with Crippen LogP contribution in [0.25, 0.3) is 0 Å². The molecule has 0 unspecified atom stereocenters. The lowest BCUT2D eigenvalue weighted by atomic mass is 9.63. The number of nitrogens with one attached hydrogen (secondary N) is 1. The summed E-state index contributed by atoms with van der Waals surface area (Å²) in [7, 11) is -3.96. The summed E-state index contributed by atoms with van der Waals surface area (Å²) in [4.78, 5) is 21.3. The first-order valence-corrected chi connectivity index (χ1v) is 22.5. The molecule has 8 rings (SSSR count). The fourth-order valence-electron chi connectivity index (χ4n) is 10.4. The molecule has 10 nitrogen and oxygen atoms in total. The molecular formula is C43H59ClN4O6S. The number of benzene rings is 2. The lowest BCUT2D eigenvalue weighted by Crippen LogP contribution is -2.66. The number of aryl methyl sites for hydroxylation is 1. The maximum atomic E-state index is 13.7. The van der Waals surface area contributed by atoms with E-state index in [1.165, 1.54) is 11.1 Å². The molecule has 4 aliphatic heterocycles. The number of fused-ring (bicyclic) bond motifs is 4. The molecule has 12 heteroatoms. The van der Waals surface area contributed by atoms with Gasteiger partial charge in [-0.3, -0.25) is 14.6 Å². The van der Waals surface area contributed by atoms with Crippen molar-refractivity contribution in [1.29, 1.82) is 0 Å². The maximum absolute atomic E-state index is 13.7. The summed E-state index contributed by atoms with van der Waals surface area (Å²) in [5, 5.41) is -0.0319. The van der Waals surface area contributed by atoms with Gasteiger partial charge in [0.05, 0.1) is 36.3 Å². The number of piperazine rings is 1. The van der Waals surface area contributed by atoms with Gasteiger partial charge in [0.1, 0.15) is 11.4 Å². The van der Waals surface area contributed by atoms with Gasteiger partial charge >= 0.3 is 0 Å². The predicted octanol–water partition coefficient (Wildman–Crippen LogP) is 6.07. The summed E-state index contributed by atoms with van der Waals surface area (Å²) in [6, 6.07) is 11.7. The van der Waals surface area contributed by atoms with E-state index >= 15 is 0 Å². The number of carbonyl (C=O) groups excluding carboxylic acids is 1. The molecule has 2 aromatic carbocycles. The normalized spacial score (nSPS) is 34.2. The third-order valence-corrected chi connectivity index (χ3v) is 16.2. The second-order valence-electron chi connectivity index (χ2n) is 17.7. The standard InChI is InChI=1S/C43H59ClN4O6S/c1-5-54-43(26-46-18-20-48(21-19-46)41(4)27-52-28-41)17-6-8-30(2)31(3)55(50,51)45-40(49)33-11-15-39-38(23-33)47(24-34-10-13-37(34)43)25-42(29-53-39)16-7-9-32-22-35(44)12-14-36(32)42/h6,11-12,14-15,17,22-23,30-31,34,37H,5,7-10,13,16,18-21,24-29H2,1-4H3,(H,45,49)/b17-6+/t30-,31+,34-,37+,42-,43+/m0/s1. The molecule has 3 fully saturated rings. The molecule has 1 amide bonds. The van der Waals surface area contributed by atoms with E-state index in [-0.39, 0.29) is 22.8 Å². The van der Waals surface area contributed by atoms with Crippen molar-refractivity contribution in [1.82, 2.24) is 14.5 Å². The minimum Gasteiger partial charge on any atom is -0.490 e. The van der Waals surface area contributed by atoms with Crippen LogP contribution in [0.2, 0.25) is 5.02 Å². The van der Waals surface area contributed by atoms with E-state index < -0.39 is 26.8 Å². The number of ether oxygens (including phenoxy) is 3. The quantitative estimate of drug-likeness (QED) is 0.362. The Bertz CT molecular complexity index is 1900. The fourth-order valence-corrected chi connectivity index (χ4v) is 11.8. The zero-order chi connectivity index (χ0) is 38.6. The van der Waals surface area contributed by atoms with Gasteiger partial charge in [0.2, 0.25) is 10.0 Å². The summed E-state index contributed by atoms with van der Waals surface area (Å²) in [5.41, 5.74) is 3.04. The minimum atomic E-state index is -3.96. The second kappa shape index (κ2) is 15.3. The van der Waals surface area contributed by atoms with Gasteiger partial charge in [0.15, 0.2) is 0 Å². The molecule has 0 radical (unpaired) electrons. The molecule has 2 bridgehead atoms. The summed E-state index contributed by atoms with van der Waals surface area (Å²) in [5.74, 6) is 0.478. The highest BCUT2D eigenvalue weighted by Gasteiger charge is 2.51. The molecule has 6 aliphatic rings. The van der Waals surface area contributed by atoms with Gasteiger partial charge < -0.3 is 19.1 Å². The van der Waals surface area contributed by atoms with Crippen molar-refractivity contribution in [3.8, 4) is 5.75 Å². The van der Waals surface area contributed by atoms with Crippen LogP contribution < -0.4 is 14.4 Å². The first-order chi connectivity index (χ1) is 26.3. The molecule has 0 aromatic heterocycles. The number of amides is 1. The number of rotatable bonds is 5. The Morgan fingerprint density at radius 1 is 1.04 bits per heavy atom. The average molecular weight is 795 g/mol. The van der Waals surface area contributed by atoms with Crippen molar-refractivity contribution in [3.05, 3.63) is 70.3 Å². The highest BCUT2D eigenvalue weighted by atomic mass is 35.5. The van der Waals surface area contributed by atoms with Crippen molar-refractivity contribution < 1.29 is 27.4 Å². The van der Waals surface area contributed by atoms with E-state index in [0.717, 1.165) is 108 Å². The van der Waals surface area contributed by atoms with Crippen LogP contribution in [0.15, 0.2) is 48.6 Å². The zero-order valence-electron chi connectivity index (χ0n) is 33.0. The number of allylic oxidation sites excluding steroid dienone is 1. The van der Waals surface area contributed by atoms with E-state index in [0.29, 0.717) is 31.1 Å². The summed E-state index contributed by atoms with van der Waals surface area (Å²) < 4.78 is 49.1. The van der Waals surface area contributed by atoms with E-state index in [1.807, 2.05) is 25.1 Å². The van der Waals surface area contributed by atoms with Crippen LogP contribution in [0.3, 0.4) is 0 Å². The lowest BCUT2D eigenvalue weighted by Gasteiger charge is -2.54. The first kappa shape index (κ1) is 39.2. The van der Waals surface area contributed by atoms with E-state index in [2.05, 4.69) is 57.6 Å². The van der Waals surface area contributed by atoms with Gasteiger partial charge in [-0.25, -0.2) is 13.1 Å². The smallest absolute Gasteiger partial charge is 0.264 e. The molecule has 4 heterocycles. The van der Waals surface area contributed by atoms with Crippen molar-refractivity contribution in [2.45, 2.75) is 88.0 Å². The molecule has 2 aromatic rings. The SMILES string of the molecule is CCO[C@@]1(CN2CCN(C3(C)COC3)CC2)/C=C/C[C@H](C)[C@@H](C)S(=O)(=O)NC(=O)c2ccc3c(c2)N(C[C@@H]2CC[C@H]21)C[C@@]1(CCCc2cc(Cl)ccc21)CO3. The molecular weight excluding hydrogens is 736 g/mol. The number of hydrogen-bond donors (Lipinski definition) is 1. The molecule has 1 saturated carbocycles. The van der Waals surface area contributed by atoms with Gasteiger partial charge in [0.25, 0.3) is 5.91 Å². The van der Waals surface area contributed by atoms with Gasteiger partial charge in [-0.1, -0.05) is 36.7 Å². The topological polar surface area (TPSA) is 101 Å². The summed E-state index contributed by atoms with van der Waals surface area (Å²) in [6.45, 7) is 17.0. The molecule has 2 aliphatic carbocycles. The van der Waals surface area contributed by atoms with Crippen molar-refractivity contribution in [2.24, 2.45) is 17.8 Å². The Kier molecular flexibility index (Phi) is 10.9. The Morgan fingerprint density at radius 2 is 1.84 bits per heavy atom. The van der Waals surface area contributed by atoms with Crippen LogP contribution in [-0.4, -0.2) is 113 Å². The third kappa shape index (κ3) is 7.47. The minimum absolute atomic E-state index is 0.132. The Balaban J connectivity index is 1.17. The van der Waals surface area contributed by atoms with Gasteiger partial charge in [0, 0.05) is 68.4 Å². The highest BCUT2D eigenvalue weighted by molar-refractivity contribution is 7.90. The van der Waals surface area contributed by atoms with Gasteiger partial charge in [-0.05, 0) is 119 Å². The van der Waals surface area contributed by atoms with Gasteiger partial charge in [-0.15, -0.1) is 0 Å². The Morgan fingerprint density at radius 3 is 2.55 bits per heavy atom. The van der Waals surface area contributed by atoms with E-state index in [1.54, 1.807) is 13.0 Å². The van der Waals surface area contributed by atoms with Crippen molar-refractivity contribution in [2.75, 3.05) is 77.1 Å². The monoisotopic (exact) mass is 794 g/mol. The molecule has 6 atom stereocenters. The summed E-state index contributed by atoms with van der Waals surface area (Å²) in [6.07, 6.45) is 10.1. The lowest BCUT2D eigenvalue weighted by molar-refractivity contribution is -0.148. The maximum Gasteiger partial charge on any atom is 0.264 e. The Labute approximate surface area is 332 Å². The fraction of sp³-hybridized carbons (Fsp3) is 0.651. The number of nitrogens with zero attached hydrogens (tertiary/aromatic N) is 3. The van der Waals surface area contributed by atoms with Crippen LogP contribution >= 0.6 is 11.6 Å². The van der Waals surface area contributed by atoms with Crippen LogP contribution in [-0.2, 0) is 31.3 Å². The Hall–Kier alpha value is -2.67. The van der Waals surface area contributed by atoms with Crippen LogP contribution in [0, 0.1) is 17.8 Å². The largest absolute Gasteiger partial charge is 0.490 e. The van der Waals surface area contributed by atoms with E-state index in [4.69, 9.17) is 25.8 Å². The van der Waals surface area contributed by atoms with Crippen molar-refractivity contribution in [3.63, 3.8) is 0 Å². The molecule has 55 heavy (non-hydrogen) atoms. The molecule has 1 spiro atoms. The molecule has 2 saturated heterocycles. The van der Waals surface area contributed by atoms with Crippen LogP contribution in [0.5, 0.6) is 5.75 Å². The number of anilines is 1. The first-order valence-electron chi connectivity index (χ1n) is 20.6. The van der Waals surface area contributed by atoms with Gasteiger partial charge in [-0.2, -0.15) is 0 Å². The number of carbonyl (C=O) groups is 1. The summed E-state index contributed by atoms with van der Waals surface area (Å²) >= 11 is 6.52.